The summed E-state index contributed by atoms with van der Waals surface area (Å²) in [4.78, 5) is 9.95. The van der Waals surface area contributed by atoms with Gasteiger partial charge in [0.05, 0.1) is 5.60 Å². The van der Waals surface area contributed by atoms with Crippen molar-refractivity contribution in [3.63, 3.8) is 0 Å². The Morgan fingerprint density at radius 2 is 1.67 bits per heavy atom. The predicted octanol–water partition coefficient (Wildman–Crippen LogP) is -1.50. The van der Waals surface area contributed by atoms with Gasteiger partial charge in [-0.15, -0.1) is 0 Å². The van der Waals surface area contributed by atoms with Crippen LogP contribution in [0.25, 0.3) is 0 Å². The first-order valence-electron chi connectivity index (χ1n) is 2.63. The second-order valence-electron chi connectivity index (χ2n) is 2.36. The molecule has 0 aliphatic heterocycles. The summed E-state index contributed by atoms with van der Waals surface area (Å²) in [6.07, 6.45) is -1.72. The fourth-order valence-corrected chi connectivity index (χ4v) is 0.382. The quantitative estimate of drug-likeness (QED) is 0.320. The summed E-state index contributed by atoms with van der Waals surface area (Å²) >= 11 is 16.2. The van der Waals surface area contributed by atoms with Crippen LogP contribution < -0.4 is 34.7 Å². The summed E-state index contributed by atoms with van der Waals surface area (Å²) in [6.45, 7) is 2.66. The average molecular weight is 243 g/mol. The van der Waals surface area contributed by atoms with Crippen molar-refractivity contribution in [2.75, 3.05) is 0 Å². The van der Waals surface area contributed by atoms with E-state index in [1.807, 2.05) is 0 Å². The molecule has 0 amide bonds. The first-order chi connectivity index (χ1) is 4.67. The molecule has 0 N–H and O–H groups in total. The standard InChI is InChI=1S/C5H7Cl3O3.Na/c1-4(2,5(6,7)8)11-3(9)10;/h1-2H3,(H,9,10);/q;+1/p-1. The van der Waals surface area contributed by atoms with Crippen molar-refractivity contribution in [2.45, 2.75) is 23.2 Å². The van der Waals surface area contributed by atoms with E-state index in [1.54, 1.807) is 0 Å². The molecule has 0 aromatic heterocycles. The number of rotatable bonds is 1. The summed E-state index contributed by atoms with van der Waals surface area (Å²) in [6, 6.07) is 0. The molecular weight excluding hydrogens is 237 g/mol. The Hall–Kier alpha value is 1.14. The number of ether oxygens (including phenoxy) is 1. The molecule has 0 fully saturated rings. The third-order valence-electron chi connectivity index (χ3n) is 1.02. The molecular formula is C5H6Cl3NaO3. The first-order valence-corrected chi connectivity index (χ1v) is 3.77. The van der Waals surface area contributed by atoms with Crippen molar-refractivity contribution < 1.29 is 44.2 Å². The van der Waals surface area contributed by atoms with Crippen molar-refractivity contribution in [1.29, 1.82) is 0 Å². The van der Waals surface area contributed by atoms with E-state index in [4.69, 9.17) is 34.8 Å². The third-order valence-corrected chi connectivity index (χ3v) is 2.39. The van der Waals surface area contributed by atoms with Crippen LogP contribution in [0.1, 0.15) is 13.8 Å². The fourth-order valence-electron chi connectivity index (χ4n) is 0.266. The van der Waals surface area contributed by atoms with Gasteiger partial charge >= 0.3 is 29.6 Å². The van der Waals surface area contributed by atoms with Crippen molar-refractivity contribution in [3.8, 4) is 0 Å². The molecule has 0 aliphatic carbocycles. The molecule has 12 heavy (non-hydrogen) atoms. The third kappa shape index (κ3) is 5.00. The largest absolute Gasteiger partial charge is 1.00 e. The van der Waals surface area contributed by atoms with Crippen LogP contribution in [0.4, 0.5) is 4.79 Å². The second kappa shape index (κ2) is 5.13. The maximum Gasteiger partial charge on any atom is 1.00 e. The van der Waals surface area contributed by atoms with E-state index in [0.717, 1.165) is 0 Å². The molecule has 3 nitrogen and oxygen atoms in total. The molecule has 0 unspecified atom stereocenters. The van der Waals surface area contributed by atoms with Crippen molar-refractivity contribution in [2.24, 2.45) is 0 Å². The topological polar surface area (TPSA) is 49.4 Å². The zero-order valence-corrected chi connectivity index (χ0v) is 11.1. The van der Waals surface area contributed by atoms with Gasteiger partial charge in [0, 0.05) is 0 Å². The van der Waals surface area contributed by atoms with Gasteiger partial charge < -0.3 is 14.6 Å². The Labute approximate surface area is 108 Å². The van der Waals surface area contributed by atoms with E-state index in [1.165, 1.54) is 13.8 Å². The molecule has 7 heteroatoms. The minimum absolute atomic E-state index is 0. The van der Waals surface area contributed by atoms with Gasteiger partial charge in [-0.05, 0) is 13.8 Å². The molecule has 0 aliphatic rings. The molecule has 0 radical (unpaired) electrons. The van der Waals surface area contributed by atoms with Crippen LogP contribution in [-0.4, -0.2) is 15.5 Å². The summed E-state index contributed by atoms with van der Waals surface area (Å²) in [7, 11) is 0. The van der Waals surface area contributed by atoms with Crippen LogP contribution in [0.15, 0.2) is 0 Å². The maximum atomic E-state index is 9.95. The van der Waals surface area contributed by atoms with E-state index < -0.39 is 15.5 Å². The van der Waals surface area contributed by atoms with Gasteiger partial charge in [0.15, 0.2) is 0 Å². The van der Waals surface area contributed by atoms with Gasteiger partial charge in [-0.1, -0.05) is 34.8 Å². The van der Waals surface area contributed by atoms with Gasteiger partial charge in [-0.25, -0.2) is 0 Å². The monoisotopic (exact) mass is 242 g/mol. The van der Waals surface area contributed by atoms with Gasteiger partial charge in [0.1, 0.15) is 0 Å². The van der Waals surface area contributed by atoms with E-state index >= 15 is 0 Å². The van der Waals surface area contributed by atoms with Crippen LogP contribution in [-0.2, 0) is 4.74 Å². The minimum Gasteiger partial charge on any atom is -0.539 e. The van der Waals surface area contributed by atoms with Crippen LogP contribution in [0.3, 0.4) is 0 Å². The fraction of sp³-hybridized carbons (Fsp3) is 0.800. The Morgan fingerprint density at radius 1 is 1.33 bits per heavy atom. The van der Waals surface area contributed by atoms with E-state index in [2.05, 4.69) is 4.74 Å². The Bertz CT molecular complexity index is 166. The van der Waals surface area contributed by atoms with E-state index in [0.29, 0.717) is 0 Å². The van der Waals surface area contributed by atoms with Crippen LogP contribution in [0.5, 0.6) is 0 Å². The normalized spacial score (nSPS) is 11.8. The van der Waals surface area contributed by atoms with Gasteiger partial charge in [-0.2, -0.15) is 0 Å². The molecule has 0 atom stereocenters. The molecule has 0 saturated heterocycles. The molecule has 0 heterocycles. The van der Waals surface area contributed by atoms with Crippen LogP contribution >= 0.6 is 34.8 Å². The molecule has 0 bridgehead atoms. The van der Waals surface area contributed by atoms with Gasteiger partial charge in [0.2, 0.25) is 3.79 Å². The minimum atomic E-state index is -1.80. The second-order valence-corrected chi connectivity index (χ2v) is 4.64. The maximum absolute atomic E-state index is 9.95. The molecule has 0 aromatic rings. The summed E-state index contributed by atoms with van der Waals surface area (Å²) in [5.74, 6) is 0. The molecule has 0 aromatic carbocycles. The Balaban J connectivity index is 0. The number of halogens is 3. The zero-order chi connectivity index (χ0) is 9.28. The molecule has 0 saturated carbocycles. The molecule has 66 valence electrons. The van der Waals surface area contributed by atoms with Crippen LogP contribution in [0.2, 0.25) is 0 Å². The first kappa shape index (κ1) is 15.6. The van der Waals surface area contributed by atoms with Gasteiger partial charge in [0.25, 0.3) is 6.16 Å². The smallest absolute Gasteiger partial charge is 0.539 e. The Morgan fingerprint density at radius 3 is 1.75 bits per heavy atom. The predicted molar refractivity (Wildman–Crippen MR) is 40.9 cm³/mol. The number of hydrogen-bond donors (Lipinski definition) is 0. The summed E-state index contributed by atoms with van der Waals surface area (Å²) in [5, 5.41) is 9.95. The number of hydrogen-bond acceptors (Lipinski definition) is 3. The molecule has 0 spiro atoms. The number of carbonyl (C=O) groups is 1. The van der Waals surface area contributed by atoms with Crippen LogP contribution in [0, 0.1) is 0 Å². The average Bonchev–Trinajstić information content (AvgIpc) is 1.56. The molecule has 0 rings (SSSR count). The Kier molecular flexibility index (Phi) is 6.67. The SMILES string of the molecule is CC(C)(OC(=O)[O-])C(Cl)(Cl)Cl.[Na+]. The number of carbonyl (C=O) groups excluding carboxylic acids is 1. The summed E-state index contributed by atoms with van der Waals surface area (Å²) < 4.78 is 2.41. The zero-order valence-electron chi connectivity index (χ0n) is 6.86. The van der Waals surface area contributed by atoms with Crippen molar-refractivity contribution >= 4 is 41.0 Å². The van der Waals surface area contributed by atoms with Crippen molar-refractivity contribution in [3.05, 3.63) is 0 Å². The number of carboxylic acid groups (broad SMARTS) is 1. The summed E-state index contributed by atoms with van der Waals surface area (Å²) in [5.41, 5.74) is -1.41. The van der Waals surface area contributed by atoms with Crippen molar-refractivity contribution in [1.82, 2.24) is 0 Å². The van der Waals surface area contributed by atoms with Gasteiger partial charge in [-0.3, -0.25) is 0 Å². The number of alkyl halides is 3. The van der Waals surface area contributed by atoms with E-state index in [9.17, 15) is 9.90 Å². The van der Waals surface area contributed by atoms with E-state index in [-0.39, 0.29) is 29.6 Å².